The van der Waals surface area contributed by atoms with Gasteiger partial charge in [-0.2, -0.15) is 0 Å². The number of carbonyl (C=O) groups excluding carboxylic acids is 3. The van der Waals surface area contributed by atoms with Crippen LogP contribution in [0.15, 0.2) is 48.5 Å². The van der Waals surface area contributed by atoms with Crippen molar-refractivity contribution in [2.45, 2.75) is 27.7 Å². The Morgan fingerprint density at radius 3 is 1.81 bits per heavy atom. The highest BCUT2D eigenvalue weighted by molar-refractivity contribution is 6.14. The van der Waals surface area contributed by atoms with Crippen molar-refractivity contribution in [3.8, 4) is 0 Å². The van der Waals surface area contributed by atoms with Gasteiger partial charge in [0.05, 0.1) is 0 Å². The number of benzene rings is 2. The molecule has 6 heteroatoms. The van der Waals surface area contributed by atoms with Gasteiger partial charge in [-0.25, -0.2) is 0 Å². The third-order valence-electron chi connectivity index (χ3n) is 3.89. The molecule has 0 radical (unpaired) electrons. The Kier molecular flexibility index (Phi) is 5.77. The minimum absolute atomic E-state index is 0.203. The minimum atomic E-state index is -1.28. The molecule has 0 saturated heterocycles. The lowest BCUT2D eigenvalue weighted by Crippen LogP contribution is -2.41. The largest absolute Gasteiger partial charge is 0.326 e. The molecule has 6 nitrogen and oxygen atoms in total. The number of hydrogen-bond acceptors (Lipinski definition) is 3. The van der Waals surface area contributed by atoms with E-state index in [1.807, 2.05) is 19.1 Å². The fraction of sp³-hybridized carbons (Fsp3) is 0.250. The zero-order valence-corrected chi connectivity index (χ0v) is 15.3. The fourth-order valence-corrected chi connectivity index (χ4v) is 2.19. The second-order valence-electron chi connectivity index (χ2n) is 6.66. The van der Waals surface area contributed by atoms with E-state index >= 15 is 0 Å². The van der Waals surface area contributed by atoms with Gasteiger partial charge >= 0.3 is 0 Å². The molecule has 3 N–H and O–H groups in total. The summed E-state index contributed by atoms with van der Waals surface area (Å²) in [6, 6.07) is 14.1. The van der Waals surface area contributed by atoms with Crippen molar-refractivity contribution in [1.29, 1.82) is 0 Å². The molecule has 3 amide bonds. The molecule has 0 aromatic heterocycles. The molecule has 0 aliphatic rings. The molecule has 0 atom stereocenters. The first-order valence-corrected chi connectivity index (χ1v) is 8.26. The molecule has 2 aromatic carbocycles. The minimum Gasteiger partial charge on any atom is -0.326 e. The van der Waals surface area contributed by atoms with Crippen molar-refractivity contribution in [3.63, 3.8) is 0 Å². The van der Waals surface area contributed by atoms with Crippen LogP contribution in [0.1, 0.15) is 26.3 Å². The van der Waals surface area contributed by atoms with Crippen LogP contribution in [0, 0.1) is 12.3 Å². The van der Waals surface area contributed by atoms with E-state index in [9.17, 15) is 14.4 Å². The summed E-state index contributed by atoms with van der Waals surface area (Å²) in [7, 11) is 0. The summed E-state index contributed by atoms with van der Waals surface area (Å²) in [5.41, 5.74) is 1.50. The zero-order valence-electron chi connectivity index (χ0n) is 15.3. The first-order chi connectivity index (χ1) is 12.2. The molecule has 2 rings (SSSR count). The van der Waals surface area contributed by atoms with Crippen LogP contribution in [0.25, 0.3) is 0 Å². The van der Waals surface area contributed by atoms with Gasteiger partial charge in [-0.3, -0.25) is 14.4 Å². The summed E-state index contributed by atoms with van der Waals surface area (Å²) in [5, 5.41) is 8.12. The summed E-state index contributed by atoms with van der Waals surface area (Å²) >= 11 is 0. The number of nitrogens with one attached hydrogen (secondary N) is 3. The summed E-state index contributed by atoms with van der Waals surface area (Å²) in [6.45, 7) is 6.48. The molecule has 0 aliphatic heterocycles. The second-order valence-corrected chi connectivity index (χ2v) is 6.66. The van der Waals surface area contributed by atoms with Crippen LogP contribution in [0.2, 0.25) is 0 Å². The molecule has 26 heavy (non-hydrogen) atoms. The van der Waals surface area contributed by atoms with E-state index in [0.717, 1.165) is 5.56 Å². The van der Waals surface area contributed by atoms with Gasteiger partial charge in [0.25, 0.3) is 0 Å². The summed E-state index contributed by atoms with van der Waals surface area (Å²) in [4.78, 5) is 36.3. The molecule has 0 unspecified atom stereocenters. The van der Waals surface area contributed by atoms with Crippen molar-refractivity contribution in [2.24, 2.45) is 5.41 Å². The van der Waals surface area contributed by atoms with E-state index in [1.54, 1.807) is 50.2 Å². The van der Waals surface area contributed by atoms with E-state index < -0.39 is 17.2 Å². The number of aryl methyl sites for hydroxylation is 1. The van der Waals surface area contributed by atoms with Crippen LogP contribution in [-0.2, 0) is 14.4 Å². The standard InChI is InChI=1S/C20H23N3O3/c1-13-8-10-15(11-9-13)22-18(25)20(3,4)19(26)23-17-7-5-6-16(12-17)21-14(2)24/h5-12H,1-4H3,(H,21,24)(H,22,25)(H,23,26). The van der Waals surface area contributed by atoms with Crippen LogP contribution < -0.4 is 16.0 Å². The maximum atomic E-state index is 12.6. The van der Waals surface area contributed by atoms with Crippen LogP contribution in [0.4, 0.5) is 17.1 Å². The van der Waals surface area contributed by atoms with Crippen molar-refractivity contribution in [3.05, 3.63) is 54.1 Å². The molecule has 0 heterocycles. The third kappa shape index (κ3) is 4.92. The molecule has 2 aromatic rings. The summed E-state index contributed by atoms with van der Waals surface area (Å²) in [6.07, 6.45) is 0. The Morgan fingerprint density at radius 2 is 1.27 bits per heavy atom. The molecule has 0 spiro atoms. The van der Waals surface area contributed by atoms with Gasteiger partial charge in [0.15, 0.2) is 0 Å². The highest BCUT2D eigenvalue weighted by Gasteiger charge is 2.36. The van der Waals surface area contributed by atoms with E-state index in [4.69, 9.17) is 0 Å². The zero-order chi connectivity index (χ0) is 19.3. The summed E-state index contributed by atoms with van der Waals surface area (Å²) in [5.74, 6) is -1.05. The lowest BCUT2D eigenvalue weighted by atomic mass is 9.90. The Bertz CT molecular complexity index is 826. The van der Waals surface area contributed by atoms with Crippen LogP contribution in [-0.4, -0.2) is 17.7 Å². The highest BCUT2D eigenvalue weighted by Crippen LogP contribution is 2.23. The average molecular weight is 353 g/mol. The van der Waals surface area contributed by atoms with Gasteiger partial charge in [0.2, 0.25) is 17.7 Å². The van der Waals surface area contributed by atoms with E-state index in [1.165, 1.54) is 6.92 Å². The van der Waals surface area contributed by atoms with Gasteiger partial charge in [-0.15, -0.1) is 0 Å². The molecule has 136 valence electrons. The molecule has 0 saturated carbocycles. The number of carbonyl (C=O) groups is 3. The van der Waals surface area contributed by atoms with Crippen molar-refractivity contribution < 1.29 is 14.4 Å². The smallest absolute Gasteiger partial charge is 0.239 e. The normalized spacial score (nSPS) is 10.8. The molecule has 0 fully saturated rings. The number of amides is 3. The Morgan fingerprint density at radius 1 is 0.769 bits per heavy atom. The second kappa shape index (κ2) is 7.82. The lowest BCUT2D eigenvalue weighted by molar-refractivity contribution is -0.135. The fourth-order valence-electron chi connectivity index (χ4n) is 2.19. The SMILES string of the molecule is CC(=O)Nc1cccc(NC(=O)C(C)(C)C(=O)Nc2ccc(C)cc2)c1. The first kappa shape index (κ1) is 19.2. The Labute approximate surface area is 153 Å². The molecule has 0 aliphatic carbocycles. The molecular weight excluding hydrogens is 330 g/mol. The van der Waals surface area contributed by atoms with E-state index in [0.29, 0.717) is 17.1 Å². The van der Waals surface area contributed by atoms with E-state index in [-0.39, 0.29) is 5.91 Å². The van der Waals surface area contributed by atoms with Crippen molar-refractivity contribution >= 4 is 34.8 Å². The number of rotatable bonds is 5. The van der Waals surface area contributed by atoms with Crippen LogP contribution in [0.3, 0.4) is 0 Å². The monoisotopic (exact) mass is 353 g/mol. The predicted molar refractivity (Wildman–Crippen MR) is 103 cm³/mol. The topological polar surface area (TPSA) is 87.3 Å². The molecular formula is C20H23N3O3. The highest BCUT2D eigenvalue weighted by atomic mass is 16.2. The Hall–Kier alpha value is -3.15. The molecule has 0 bridgehead atoms. The third-order valence-corrected chi connectivity index (χ3v) is 3.89. The van der Waals surface area contributed by atoms with Gasteiger partial charge in [-0.1, -0.05) is 23.8 Å². The number of anilines is 3. The lowest BCUT2D eigenvalue weighted by Gasteiger charge is -2.23. The van der Waals surface area contributed by atoms with Crippen molar-refractivity contribution in [1.82, 2.24) is 0 Å². The van der Waals surface area contributed by atoms with E-state index in [2.05, 4.69) is 16.0 Å². The van der Waals surface area contributed by atoms with Crippen LogP contribution in [0.5, 0.6) is 0 Å². The number of hydrogen-bond donors (Lipinski definition) is 3. The first-order valence-electron chi connectivity index (χ1n) is 8.26. The Balaban J connectivity index is 2.07. The maximum absolute atomic E-state index is 12.6. The summed E-state index contributed by atoms with van der Waals surface area (Å²) < 4.78 is 0. The van der Waals surface area contributed by atoms with Gasteiger partial charge in [0.1, 0.15) is 5.41 Å². The van der Waals surface area contributed by atoms with Crippen molar-refractivity contribution in [2.75, 3.05) is 16.0 Å². The van der Waals surface area contributed by atoms with Gasteiger partial charge < -0.3 is 16.0 Å². The van der Waals surface area contributed by atoms with Gasteiger partial charge in [0, 0.05) is 24.0 Å². The van der Waals surface area contributed by atoms with Crippen LogP contribution >= 0.6 is 0 Å². The predicted octanol–water partition coefficient (Wildman–Crippen LogP) is 3.56. The quantitative estimate of drug-likeness (QED) is 0.718. The van der Waals surface area contributed by atoms with Gasteiger partial charge in [-0.05, 0) is 51.1 Å². The maximum Gasteiger partial charge on any atom is 0.239 e. The average Bonchev–Trinajstić information content (AvgIpc) is 2.56.